The highest BCUT2D eigenvalue weighted by Crippen LogP contribution is 2.54. The molecule has 0 fully saturated rings. The zero-order valence-electron chi connectivity index (χ0n) is 17.4. The first kappa shape index (κ1) is 20.8. The topological polar surface area (TPSA) is 74.3 Å². The van der Waals surface area contributed by atoms with Crippen molar-refractivity contribution in [1.82, 2.24) is 0 Å². The lowest BCUT2D eigenvalue weighted by Gasteiger charge is -2.20. The highest BCUT2D eigenvalue weighted by molar-refractivity contribution is 6.03. The summed E-state index contributed by atoms with van der Waals surface area (Å²) < 4.78 is 22.5. The summed E-state index contributed by atoms with van der Waals surface area (Å²) in [5, 5.41) is 1.27. The molecule has 0 spiro atoms. The molecule has 7 heteroatoms. The van der Waals surface area contributed by atoms with E-state index in [2.05, 4.69) is 4.90 Å². The molecule has 7 nitrogen and oxygen atoms in total. The molecule has 29 heavy (non-hydrogen) atoms. The van der Waals surface area contributed by atoms with Crippen LogP contribution in [0.25, 0.3) is 10.8 Å². The number of carbonyl (C=O) groups excluding carboxylic acids is 2. The molecule has 0 aromatic heterocycles. The molecule has 0 atom stereocenters. The van der Waals surface area contributed by atoms with E-state index in [1.54, 1.807) is 0 Å². The minimum absolute atomic E-state index is 0.0377. The smallest absolute Gasteiger partial charge is 0.311 e. The largest absolute Gasteiger partial charge is 0.449 e. The Bertz CT molecular complexity index is 923. The van der Waals surface area contributed by atoms with Crippen LogP contribution in [0.15, 0.2) is 18.2 Å². The average molecular weight is 401 g/mol. The molecule has 2 aromatic carbocycles. The maximum Gasteiger partial charge on any atom is 0.311 e. The van der Waals surface area contributed by atoms with Crippen molar-refractivity contribution < 1.29 is 28.5 Å². The van der Waals surface area contributed by atoms with Gasteiger partial charge in [0.2, 0.25) is 18.3 Å². The molecule has 2 aromatic rings. The van der Waals surface area contributed by atoms with Gasteiger partial charge in [0, 0.05) is 42.9 Å². The first-order valence-electron chi connectivity index (χ1n) is 10.0. The van der Waals surface area contributed by atoms with Gasteiger partial charge >= 0.3 is 11.9 Å². The predicted molar refractivity (Wildman–Crippen MR) is 110 cm³/mol. The normalized spacial score (nSPS) is 12.1. The predicted octanol–water partition coefficient (Wildman–Crippen LogP) is 4.44. The van der Waals surface area contributed by atoms with E-state index in [0.717, 1.165) is 12.2 Å². The van der Waals surface area contributed by atoms with Gasteiger partial charge in [-0.15, -0.1) is 0 Å². The van der Waals surface area contributed by atoms with Crippen LogP contribution in [-0.2, 0) is 9.59 Å². The summed E-state index contributed by atoms with van der Waals surface area (Å²) in [6.45, 7) is 6.63. The lowest BCUT2D eigenvalue weighted by Crippen LogP contribution is -2.15. The van der Waals surface area contributed by atoms with Crippen LogP contribution in [-0.4, -0.2) is 32.3 Å². The highest BCUT2D eigenvalue weighted by atomic mass is 16.7. The third kappa shape index (κ3) is 4.23. The molecule has 0 saturated carbocycles. The van der Waals surface area contributed by atoms with Gasteiger partial charge in [-0.25, -0.2) is 0 Å². The van der Waals surface area contributed by atoms with Crippen molar-refractivity contribution >= 4 is 28.4 Å². The summed E-state index contributed by atoms with van der Waals surface area (Å²) in [7, 11) is 1.97. The molecular formula is C22H27NO6. The van der Waals surface area contributed by atoms with Gasteiger partial charge in [0.1, 0.15) is 0 Å². The molecule has 0 unspecified atom stereocenters. The van der Waals surface area contributed by atoms with Crippen LogP contribution in [0.1, 0.15) is 46.5 Å². The zero-order valence-corrected chi connectivity index (χ0v) is 17.4. The van der Waals surface area contributed by atoms with Gasteiger partial charge in [0.25, 0.3) is 0 Å². The van der Waals surface area contributed by atoms with Gasteiger partial charge in [-0.1, -0.05) is 13.8 Å². The number of carbonyl (C=O) groups is 2. The lowest BCUT2D eigenvalue weighted by molar-refractivity contribution is -0.135. The van der Waals surface area contributed by atoms with Gasteiger partial charge in [-0.2, -0.15) is 0 Å². The summed E-state index contributed by atoms with van der Waals surface area (Å²) >= 11 is 0. The molecule has 0 N–H and O–H groups in total. The summed E-state index contributed by atoms with van der Waals surface area (Å²) in [5.41, 5.74) is 0.942. The van der Waals surface area contributed by atoms with Gasteiger partial charge in [-0.3, -0.25) is 9.59 Å². The molecule has 0 amide bonds. The Morgan fingerprint density at radius 1 is 0.931 bits per heavy atom. The fourth-order valence-electron chi connectivity index (χ4n) is 3.14. The number of rotatable bonds is 8. The van der Waals surface area contributed by atoms with Gasteiger partial charge in [0.05, 0.1) is 0 Å². The molecule has 3 rings (SSSR count). The van der Waals surface area contributed by atoms with Crippen molar-refractivity contribution in [3.8, 4) is 23.0 Å². The highest BCUT2D eigenvalue weighted by Gasteiger charge is 2.31. The Hall–Kier alpha value is -2.96. The van der Waals surface area contributed by atoms with Crippen LogP contribution in [0.4, 0.5) is 5.69 Å². The van der Waals surface area contributed by atoms with Gasteiger partial charge in [0.15, 0.2) is 11.5 Å². The molecule has 1 aliphatic rings. The van der Waals surface area contributed by atoms with Crippen molar-refractivity contribution in [2.24, 2.45) is 0 Å². The standard InChI is InChI=1S/C22H27NO6/c1-5-8-17(24)28-19-15-11-10-14(23(4)7-3)12-16(15)20(29-18(25)9-6-2)22-21(19)26-13-27-22/h10-12H,5-9,13H2,1-4H3. The minimum atomic E-state index is -0.350. The van der Waals surface area contributed by atoms with E-state index in [1.165, 1.54) is 0 Å². The number of esters is 2. The van der Waals surface area contributed by atoms with Crippen LogP contribution in [0.5, 0.6) is 23.0 Å². The SMILES string of the molecule is CCCC(=O)Oc1c2c(c(OC(=O)CCC)c3cc(N(C)CC)ccc13)OCO2. The van der Waals surface area contributed by atoms with E-state index < -0.39 is 0 Å². The molecule has 0 radical (unpaired) electrons. The average Bonchev–Trinajstić information content (AvgIpc) is 3.19. The molecule has 0 aliphatic carbocycles. The fraction of sp³-hybridized carbons (Fsp3) is 0.455. The van der Waals surface area contributed by atoms with Crippen molar-refractivity contribution in [2.45, 2.75) is 46.5 Å². The Balaban J connectivity index is 2.21. The zero-order chi connectivity index (χ0) is 21.0. The summed E-state index contributed by atoms with van der Waals surface area (Å²) in [6.07, 6.45) is 1.93. The number of fused-ring (bicyclic) bond motifs is 2. The molecule has 0 bridgehead atoms. The summed E-state index contributed by atoms with van der Waals surface area (Å²) in [5.74, 6) is 0.475. The maximum atomic E-state index is 12.3. The number of hydrogen-bond donors (Lipinski definition) is 0. The van der Waals surface area contributed by atoms with Crippen molar-refractivity contribution in [3.63, 3.8) is 0 Å². The molecule has 1 heterocycles. The van der Waals surface area contributed by atoms with E-state index in [0.29, 0.717) is 48.0 Å². The first-order chi connectivity index (χ1) is 14.0. The molecule has 0 saturated heterocycles. The summed E-state index contributed by atoms with van der Waals surface area (Å²) in [4.78, 5) is 26.5. The van der Waals surface area contributed by atoms with Crippen LogP contribution in [0, 0.1) is 0 Å². The lowest BCUT2D eigenvalue weighted by atomic mass is 10.1. The number of hydrogen-bond acceptors (Lipinski definition) is 7. The first-order valence-corrected chi connectivity index (χ1v) is 10.0. The van der Waals surface area contributed by atoms with E-state index in [1.807, 2.05) is 46.0 Å². The fourth-order valence-corrected chi connectivity index (χ4v) is 3.14. The second-order valence-electron chi connectivity index (χ2n) is 6.92. The van der Waals surface area contributed by atoms with E-state index in [4.69, 9.17) is 18.9 Å². The summed E-state index contributed by atoms with van der Waals surface area (Å²) in [6, 6.07) is 5.69. The second kappa shape index (κ2) is 9.03. The van der Waals surface area contributed by atoms with Crippen LogP contribution < -0.4 is 23.8 Å². The Morgan fingerprint density at radius 3 is 2.00 bits per heavy atom. The van der Waals surface area contributed by atoms with E-state index in [-0.39, 0.29) is 30.2 Å². The number of ether oxygens (including phenoxy) is 4. The van der Waals surface area contributed by atoms with E-state index >= 15 is 0 Å². The van der Waals surface area contributed by atoms with Gasteiger partial charge < -0.3 is 23.8 Å². The quantitative estimate of drug-likeness (QED) is 0.478. The third-order valence-corrected chi connectivity index (χ3v) is 4.77. The monoisotopic (exact) mass is 401 g/mol. The minimum Gasteiger partial charge on any atom is -0.449 e. The second-order valence-corrected chi connectivity index (χ2v) is 6.92. The number of anilines is 1. The van der Waals surface area contributed by atoms with Crippen LogP contribution in [0.2, 0.25) is 0 Å². The third-order valence-electron chi connectivity index (χ3n) is 4.77. The Labute approximate surface area is 170 Å². The van der Waals surface area contributed by atoms with E-state index in [9.17, 15) is 9.59 Å². The Kier molecular flexibility index (Phi) is 6.46. The number of nitrogens with zero attached hydrogens (tertiary/aromatic N) is 1. The number of benzene rings is 2. The Morgan fingerprint density at radius 2 is 1.48 bits per heavy atom. The molecule has 156 valence electrons. The van der Waals surface area contributed by atoms with Crippen molar-refractivity contribution in [3.05, 3.63) is 18.2 Å². The maximum absolute atomic E-state index is 12.3. The van der Waals surface area contributed by atoms with Crippen molar-refractivity contribution in [2.75, 3.05) is 25.3 Å². The van der Waals surface area contributed by atoms with Crippen LogP contribution in [0.3, 0.4) is 0 Å². The molecule has 1 aliphatic heterocycles. The van der Waals surface area contributed by atoms with Gasteiger partial charge in [-0.05, 0) is 38.0 Å². The van der Waals surface area contributed by atoms with Crippen LogP contribution >= 0.6 is 0 Å². The van der Waals surface area contributed by atoms with Crippen molar-refractivity contribution in [1.29, 1.82) is 0 Å². The molecular weight excluding hydrogens is 374 g/mol.